The Morgan fingerprint density at radius 3 is 2.41 bits per heavy atom. The molecule has 156 valence electrons. The number of sulfonamides is 1. The van der Waals surface area contributed by atoms with Crippen LogP contribution in [0.4, 0.5) is 0 Å². The normalized spacial score (nSPS) is 13.6. The molecule has 7 nitrogen and oxygen atoms in total. The summed E-state index contributed by atoms with van der Waals surface area (Å²) in [5.41, 5.74) is 0.554. The molecule has 9 heteroatoms. The van der Waals surface area contributed by atoms with Crippen molar-refractivity contribution in [2.24, 2.45) is 4.99 Å². The summed E-state index contributed by atoms with van der Waals surface area (Å²) in [5.74, 6) is 0.629. The maximum atomic E-state index is 11.4. The van der Waals surface area contributed by atoms with Crippen molar-refractivity contribution in [1.82, 2.24) is 15.4 Å². The summed E-state index contributed by atoms with van der Waals surface area (Å²) in [6.07, 6.45) is 2.05. The van der Waals surface area contributed by atoms with Crippen molar-refractivity contribution in [1.29, 1.82) is 0 Å². The highest BCUT2D eigenvalue weighted by atomic mass is 127. The van der Waals surface area contributed by atoms with Gasteiger partial charge in [0.25, 0.3) is 0 Å². The zero-order valence-electron chi connectivity index (χ0n) is 16.8. The number of hydrogen-bond donors (Lipinski definition) is 3. The highest BCUT2D eigenvalue weighted by Crippen LogP contribution is 2.15. The van der Waals surface area contributed by atoms with Crippen molar-refractivity contribution in [2.75, 3.05) is 33.0 Å². The van der Waals surface area contributed by atoms with E-state index in [-0.39, 0.29) is 30.1 Å². The van der Waals surface area contributed by atoms with Crippen LogP contribution >= 0.6 is 24.0 Å². The summed E-state index contributed by atoms with van der Waals surface area (Å²) in [5, 5.41) is 6.33. The first-order valence-electron chi connectivity index (χ1n) is 8.73. The van der Waals surface area contributed by atoms with Crippen LogP contribution in [0.15, 0.2) is 35.3 Å². The molecule has 1 aromatic rings. The number of nitrogens with zero attached hydrogens (tertiary/aromatic N) is 1. The number of nitrogens with one attached hydrogen (secondary N) is 3. The Morgan fingerprint density at radius 1 is 1.22 bits per heavy atom. The second-order valence-corrected chi connectivity index (χ2v) is 8.64. The minimum absolute atomic E-state index is 0. The number of aliphatic imine (C=N–C) groups is 1. The van der Waals surface area contributed by atoms with Crippen LogP contribution in [0.3, 0.4) is 0 Å². The third-order valence-electron chi connectivity index (χ3n) is 3.63. The molecule has 27 heavy (non-hydrogen) atoms. The molecular weight excluding hydrogens is 479 g/mol. The molecule has 1 atom stereocenters. The first kappa shape index (κ1) is 26.1. The van der Waals surface area contributed by atoms with Crippen LogP contribution in [0, 0.1) is 0 Å². The van der Waals surface area contributed by atoms with E-state index >= 15 is 0 Å². The predicted molar refractivity (Wildman–Crippen MR) is 122 cm³/mol. The van der Waals surface area contributed by atoms with E-state index in [0.717, 1.165) is 12.7 Å². The second kappa shape index (κ2) is 12.5. The highest BCUT2D eigenvalue weighted by molar-refractivity contribution is 14.0. The molecule has 1 aromatic carbocycles. The van der Waals surface area contributed by atoms with Gasteiger partial charge in [-0.3, -0.25) is 4.99 Å². The standard InChI is InChI=1S/C18H32N4O3S.HI/c1-15(16-10-7-6-8-11-16)25-13-9-12-20-17(19-4)21-14-18(2,3)22-26(5,23)24;/h6-8,10-11,15,22H,9,12-14H2,1-5H3,(H2,19,20,21);1H. The second-order valence-electron chi connectivity index (χ2n) is 6.89. The van der Waals surface area contributed by atoms with Gasteiger partial charge < -0.3 is 15.4 Å². The summed E-state index contributed by atoms with van der Waals surface area (Å²) in [6, 6.07) is 10.1. The Morgan fingerprint density at radius 2 is 1.85 bits per heavy atom. The zero-order chi connectivity index (χ0) is 19.6. The molecule has 0 amide bonds. The first-order valence-corrected chi connectivity index (χ1v) is 10.6. The van der Waals surface area contributed by atoms with Crippen molar-refractivity contribution in [3.63, 3.8) is 0 Å². The third-order valence-corrected chi connectivity index (χ3v) is 4.56. The molecule has 1 unspecified atom stereocenters. The van der Waals surface area contributed by atoms with Gasteiger partial charge in [-0.25, -0.2) is 13.1 Å². The largest absolute Gasteiger partial charge is 0.374 e. The van der Waals surface area contributed by atoms with E-state index in [1.165, 1.54) is 5.56 Å². The highest BCUT2D eigenvalue weighted by Gasteiger charge is 2.22. The van der Waals surface area contributed by atoms with Gasteiger partial charge in [0.2, 0.25) is 10.0 Å². The van der Waals surface area contributed by atoms with Gasteiger partial charge in [0, 0.05) is 32.3 Å². The van der Waals surface area contributed by atoms with E-state index in [1.54, 1.807) is 7.05 Å². The van der Waals surface area contributed by atoms with Gasteiger partial charge in [-0.2, -0.15) is 0 Å². The summed E-state index contributed by atoms with van der Waals surface area (Å²) in [6.45, 7) is 7.43. The summed E-state index contributed by atoms with van der Waals surface area (Å²) < 4.78 is 31.1. The van der Waals surface area contributed by atoms with Gasteiger partial charge in [0.05, 0.1) is 12.4 Å². The van der Waals surface area contributed by atoms with Crippen LogP contribution in [0.5, 0.6) is 0 Å². The minimum atomic E-state index is -3.26. The number of halogens is 1. The molecule has 0 radical (unpaired) electrons. The Kier molecular flexibility index (Phi) is 12.1. The van der Waals surface area contributed by atoms with Crippen molar-refractivity contribution >= 4 is 40.0 Å². The fourth-order valence-electron chi connectivity index (χ4n) is 2.42. The number of guanidine groups is 1. The van der Waals surface area contributed by atoms with E-state index in [4.69, 9.17) is 4.74 Å². The van der Waals surface area contributed by atoms with Crippen molar-refractivity contribution in [3.8, 4) is 0 Å². The van der Waals surface area contributed by atoms with Crippen molar-refractivity contribution < 1.29 is 13.2 Å². The van der Waals surface area contributed by atoms with Gasteiger partial charge in [-0.15, -0.1) is 24.0 Å². The molecule has 0 bridgehead atoms. The lowest BCUT2D eigenvalue weighted by Crippen LogP contribution is -2.53. The van der Waals surface area contributed by atoms with Crippen LogP contribution in [0.2, 0.25) is 0 Å². The van der Waals surface area contributed by atoms with Crippen molar-refractivity contribution in [3.05, 3.63) is 35.9 Å². The van der Waals surface area contributed by atoms with E-state index in [1.807, 2.05) is 39.0 Å². The van der Waals surface area contributed by atoms with Crippen LogP contribution in [0.1, 0.15) is 38.9 Å². The lowest BCUT2D eigenvalue weighted by molar-refractivity contribution is 0.0646. The molecule has 0 saturated heterocycles. The zero-order valence-corrected chi connectivity index (χ0v) is 19.9. The quantitative estimate of drug-likeness (QED) is 0.194. The Bertz CT molecular complexity index is 666. The van der Waals surface area contributed by atoms with E-state index in [9.17, 15) is 8.42 Å². The monoisotopic (exact) mass is 512 g/mol. The summed E-state index contributed by atoms with van der Waals surface area (Å²) in [4.78, 5) is 4.14. The number of ether oxygens (including phenoxy) is 1. The SMILES string of the molecule is CN=C(NCCCOC(C)c1ccccc1)NCC(C)(C)NS(C)(=O)=O.I. The molecule has 0 aromatic heterocycles. The van der Waals surface area contributed by atoms with Crippen LogP contribution in [0.25, 0.3) is 0 Å². The molecular formula is C18H33IN4O3S. The Hall–Kier alpha value is -0.910. The summed E-state index contributed by atoms with van der Waals surface area (Å²) >= 11 is 0. The average molecular weight is 512 g/mol. The van der Waals surface area contributed by atoms with Gasteiger partial charge in [0.1, 0.15) is 0 Å². The third kappa shape index (κ3) is 12.2. The smallest absolute Gasteiger partial charge is 0.209 e. The topological polar surface area (TPSA) is 91.8 Å². The molecule has 3 N–H and O–H groups in total. The molecule has 0 aliphatic rings. The van der Waals surface area contributed by atoms with Crippen molar-refractivity contribution in [2.45, 2.75) is 38.8 Å². The molecule has 1 rings (SSSR count). The number of benzene rings is 1. The molecule has 0 aliphatic heterocycles. The number of rotatable bonds is 10. The minimum Gasteiger partial charge on any atom is -0.374 e. The molecule has 0 spiro atoms. The lowest BCUT2D eigenvalue weighted by Gasteiger charge is -2.26. The lowest BCUT2D eigenvalue weighted by atomic mass is 10.1. The van der Waals surface area contributed by atoms with Gasteiger partial charge >= 0.3 is 0 Å². The number of hydrogen-bond acceptors (Lipinski definition) is 4. The van der Waals surface area contributed by atoms with Gasteiger partial charge in [-0.1, -0.05) is 30.3 Å². The molecule has 0 saturated carbocycles. The van der Waals surface area contributed by atoms with E-state index < -0.39 is 15.6 Å². The van der Waals surface area contributed by atoms with E-state index in [2.05, 4.69) is 32.5 Å². The van der Waals surface area contributed by atoms with Crippen LogP contribution in [-0.4, -0.2) is 52.9 Å². The summed E-state index contributed by atoms with van der Waals surface area (Å²) in [7, 11) is -1.58. The fraction of sp³-hybridized carbons (Fsp3) is 0.611. The van der Waals surface area contributed by atoms with Gasteiger partial charge in [0.15, 0.2) is 5.96 Å². The predicted octanol–water partition coefficient (Wildman–Crippen LogP) is 2.27. The maximum absolute atomic E-state index is 11.4. The van der Waals surface area contributed by atoms with E-state index in [0.29, 0.717) is 25.7 Å². The first-order chi connectivity index (χ1) is 12.1. The van der Waals surface area contributed by atoms with Gasteiger partial charge in [-0.05, 0) is 32.8 Å². The Balaban J connectivity index is 0.00000676. The van der Waals surface area contributed by atoms with Crippen LogP contribution in [-0.2, 0) is 14.8 Å². The molecule has 0 heterocycles. The molecule has 0 fully saturated rings. The van der Waals surface area contributed by atoms with Crippen LogP contribution < -0.4 is 15.4 Å². The Labute approximate surface area is 180 Å². The fourth-order valence-corrected chi connectivity index (χ4v) is 3.50. The average Bonchev–Trinajstić information content (AvgIpc) is 2.55. The maximum Gasteiger partial charge on any atom is 0.209 e. The molecule has 0 aliphatic carbocycles.